The highest BCUT2D eigenvalue weighted by molar-refractivity contribution is 5.77. The van der Waals surface area contributed by atoms with Gasteiger partial charge in [-0.15, -0.1) is 0 Å². The third kappa shape index (κ3) is 11.8. The van der Waals surface area contributed by atoms with Gasteiger partial charge in [0.15, 0.2) is 0 Å². The highest BCUT2D eigenvalue weighted by Crippen LogP contribution is 1.89. The van der Waals surface area contributed by atoms with Crippen LogP contribution < -0.4 is 21.7 Å². The maximum atomic E-state index is 11.3. The van der Waals surface area contributed by atoms with Crippen molar-refractivity contribution in [1.29, 1.82) is 0 Å². The summed E-state index contributed by atoms with van der Waals surface area (Å²) in [6.07, 6.45) is 3.16. The van der Waals surface area contributed by atoms with Crippen LogP contribution in [-0.4, -0.2) is 45.2 Å². The minimum atomic E-state index is 0.0811. The number of carbonyl (C=O) groups is 1. The Labute approximate surface area is 111 Å². The Hall–Kier alpha value is -0.650. The van der Waals surface area contributed by atoms with E-state index in [0.717, 1.165) is 58.5 Å². The molecule has 5 N–H and O–H groups in total. The summed E-state index contributed by atoms with van der Waals surface area (Å²) in [7, 11) is 0. The molecule has 0 aromatic rings. The van der Waals surface area contributed by atoms with Gasteiger partial charge in [0.05, 0.1) is 0 Å². The van der Waals surface area contributed by atoms with Crippen LogP contribution in [0.3, 0.4) is 0 Å². The summed E-state index contributed by atoms with van der Waals surface area (Å²) >= 11 is 0. The highest BCUT2D eigenvalue weighted by atomic mass is 16.1. The SMILES string of the molecule is CC(C)C(=O)NCCCNCCCNCCCN. The lowest BCUT2D eigenvalue weighted by Crippen LogP contribution is -2.31. The molecule has 0 saturated heterocycles. The summed E-state index contributed by atoms with van der Waals surface area (Å²) in [5, 5.41) is 9.61. The summed E-state index contributed by atoms with van der Waals surface area (Å²) in [5.41, 5.74) is 5.40. The molecule has 0 rings (SSSR count). The van der Waals surface area contributed by atoms with Gasteiger partial charge in [-0.05, 0) is 52.0 Å². The van der Waals surface area contributed by atoms with Crippen molar-refractivity contribution in [3.63, 3.8) is 0 Å². The van der Waals surface area contributed by atoms with Gasteiger partial charge >= 0.3 is 0 Å². The fraction of sp³-hybridized carbons (Fsp3) is 0.923. The zero-order valence-electron chi connectivity index (χ0n) is 11.9. The standard InChI is InChI=1S/C13H30N4O/c1-12(2)13(18)17-11-5-10-16-9-4-8-15-7-3-6-14/h12,15-16H,3-11,14H2,1-2H3,(H,17,18). The van der Waals surface area contributed by atoms with E-state index in [1.54, 1.807) is 0 Å². The number of carbonyl (C=O) groups excluding carboxylic acids is 1. The third-order valence-corrected chi connectivity index (χ3v) is 2.62. The van der Waals surface area contributed by atoms with Crippen molar-refractivity contribution < 1.29 is 4.79 Å². The van der Waals surface area contributed by atoms with Gasteiger partial charge in [-0.1, -0.05) is 13.8 Å². The average Bonchev–Trinajstić information content (AvgIpc) is 2.35. The molecule has 0 fully saturated rings. The van der Waals surface area contributed by atoms with E-state index in [1.807, 2.05) is 13.8 Å². The number of nitrogens with two attached hydrogens (primary N) is 1. The molecule has 0 atom stereocenters. The molecule has 5 heteroatoms. The molecule has 0 unspecified atom stereocenters. The Balaban J connectivity index is 3.05. The minimum absolute atomic E-state index is 0.0811. The molecule has 1 amide bonds. The van der Waals surface area contributed by atoms with Crippen molar-refractivity contribution >= 4 is 5.91 Å². The number of hydrogen-bond donors (Lipinski definition) is 4. The summed E-state index contributed by atoms with van der Waals surface area (Å²) in [6.45, 7) is 9.37. The molecular formula is C13H30N4O. The van der Waals surface area contributed by atoms with Crippen LogP contribution in [0.4, 0.5) is 0 Å². The normalized spacial score (nSPS) is 10.9. The van der Waals surface area contributed by atoms with Crippen LogP contribution >= 0.6 is 0 Å². The lowest BCUT2D eigenvalue weighted by molar-refractivity contribution is -0.123. The van der Waals surface area contributed by atoms with Crippen molar-refractivity contribution in [2.45, 2.75) is 33.1 Å². The Bertz CT molecular complexity index is 197. The smallest absolute Gasteiger partial charge is 0.222 e. The number of hydrogen-bond acceptors (Lipinski definition) is 4. The first kappa shape index (κ1) is 17.4. The molecule has 0 radical (unpaired) electrons. The summed E-state index contributed by atoms with van der Waals surface area (Å²) in [4.78, 5) is 11.3. The van der Waals surface area contributed by atoms with E-state index in [2.05, 4.69) is 16.0 Å². The Morgan fingerprint density at radius 2 is 1.44 bits per heavy atom. The van der Waals surface area contributed by atoms with Gasteiger partial charge in [0.25, 0.3) is 0 Å². The van der Waals surface area contributed by atoms with E-state index < -0.39 is 0 Å². The number of amides is 1. The monoisotopic (exact) mass is 258 g/mol. The van der Waals surface area contributed by atoms with Crippen molar-refractivity contribution in [3.05, 3.63) is 0 Å². The van der Waals surface area contributed by atoms with Gasteiger partial charge in [-0.3, -0.25) is 4.79 Å². The second-order valence-electron chi connectivity index (χ2n) is 4.80. The molecule has 0 spiro atoms. The molecule has 0 heterocycles. The van der Waals surface area contributed by atoms with E-state index in [9.17, 15) is 4.79 Å². The van der Waals surface area contributed by atoms with Crippen LogP contribution in [0, 0.1) is 5.92 Å². The van der Waals surface area contributed by atoms with Gasteiger partial charge in [0.1, 0.15) is 0 Å². The van der Waals surface area contributed by atoms with Crippen molar-refractivity contribution in [2.24, 2.45) is 11.7 Å². The predicted molar refractivity (Wildman–Crippen MR) is 76.5 cm³/mol. The van der Waals surface area contributed by atoms with Crippen LogP contribution in [0.1, 0.15) is 33.1 Å². The van der Waals surface area contributed by atoms with E-state index in [0.29, 0.717) is 0 Å². The van der Waals surface area contributed by atoms with Crippen LogP contribution in [0.25, 0.3) is 0 Å². The average molecular weight is 258 g/mol. The van der Waals surface area contributed by atoms with Gasteiger partial charge in [-0.2, -0.15) is 0 Å². The molecule has 0 aromatic heterocycles. The largest absolute Gasteiger partial charge is 0.356 e. The maximum absolute atomic E-state index is 11.3. The van der Waals surface area contributed by atoms with Crippen LogP contribution in [0.15, 0.2) is 0 Å². The fourth-order valence-corrected chi connectivity index (χ4v) is 1.44. The van der Waals surface area contributed by atoms with Crippen LogP contribution in [0.2, 0.25) is 0 Å². The Kier molecular flexibility index (Phi) is 12.3. The van der Waals surface area contributed by atoms with Gasteiger partial charge in [-0.25, -0.2) is 0 Å². The lowest BCUT2D eigenvalue weighted by atomic mass is 10.2. The maximum Gasteiger partial charge on any atom is 0.222 e. The Morgan fingerprint density at radius 1 is 0.944 bits per heavy atom. The molecule has 0 aromatic carbocycles. The lowest BCUT2D eigenvalue weighted by Gasteiger charge is -2.08. The number of rotatable bonds is 12. The zero-order valence-corrected chi connectivity index (χ0v) is 11.9. The topological polar surface area (TPSA) is 79.2 Å². The highest BCUT2D eigenvalue weighted by Gasteiger charge is 2.04. The van der Waals surface area contributed by atoms with Crippen LogP contribution in [0.5, 0.6) is 0 Å². The first-order valence-electron chi connectivity index (χ1n) is 7.07. The molecular weight excluding hydrogens is 228 g/mol. The van der Waals surface area contributed by atoms with Crippen molar-refractivity contribution in [1.82, 2.24) is 16.0 Å². The third-order valence-electron chi connectivity index (χ3n) is 2.62. The van der Waals surface area contributed by atoms with Gasteiger partial charge in [0, 0.05) is 12.5 Å². The summed E-state index contributed by atoms with van der Waals surface area (Å²) in [5.74, 6) is 0.219. The predicted octanol–water partition coefficient (Wildman–Crippen LogP) is 0.0668. The zero-order chi connectivity index (χ0) is 13.6. The molecule has 0 aliphatic heterocycles. The minimum Gasteiger partial charge on any atom is -0.356 e. The Morgan fingerprint density at radius 3 is 1.94 bits per heavy atom. The molecule has 5 nitrogen and oxygen atoms in total. The second-order valence-corrected chi connectivity index (χ2v) is 4.80. The van der Waals surface area contributed by atoms with E-state index >= 15 is 0 Å². The van der Waals surface area contributed by atoms with E-state index in [1.165, 1.54) is 0 Å². The quantitative estimate of drug-likeness (QED) is 0.373. The molecule has 108 valence electrons. The first-order chi connectivity index (χ1) is 8.68. The van der Waals surface area contributed by atoms with Gasteiger partial charge in [0.2, 0.25) is 5.91 Å². The van der Waals surface area contributed by atoms with Gasteiger partial charge < -0.3 is 21.7 Å². The van der Waals surface area contributed by atoms with E-state index in [-0.39, 0.29) is 11.8 Å². The second kappa shape index (κ2) is 12.8. The molecule has 0 aliphatic carbocycles. The first-order valence-corrected chi connectivity index (χ1v) is 7.07. The van der Waals surface area contributed by atoms with E-state index in [4.69, 9.17) is 5.73 Å². The molecule has 0 bridgehead atoms. The summed E-state index contributed by atoms with van der Waals surface area (Å²) < 4.78 is 0. The molecule has 0 saturated carbocycles. The fourth-order valence-electron chi connectivity index (χ4n) is 1.44. The molecule has 0 aliphatic rings. The number of nitrogens with one attached hydrogen (secondary N) is 3. The van der Waals surface area contributed by atoms with Crippen molar-refractivity contribution in [2.75, 3.05) is 39.3 Å². The van der Waals surface area contributed by atoms with Crippen LogP contribution in [-0.2, 0) is 4.79 Å². The molecule has 18 heavy (non-hydrogen) atoms. The summed E-state index contributed by atoms with van der Waals surface area (Å²) in [6, 6.07) is 0. The van der Waals surface area contributed by atoms with Crippen molar-refractivity contribution in [3.8, 4) is 0 Å².